The molecule has 0 aliphatic carbocycles. The Bertz CT molecular complexity index is 421. The molecule has 4 heteroatoms. The number of hydrogen-bond donors (Lipinski definition) is 2. The van der Waals surface area contributed by atoms with Gasteiger partial charge in [0.2, 0.25) is 5.91 Å². The minimum absolute atomic E-state index is 0.0349. The summed E-state index contributed by atoms with van der Waals surface area (Å²) in [5, 5.41) is 6.19. The summed E-state index contributed by atoms with van der Waals surface area (Å²) in [5.41, 5.74) is 1.11. The summed E-state index contributed by atoms with van der Waals surface area (Å²) in [4.78, 5) is 11.8. The number of amides is 1. The van der Waals surface area contributed by atoms with Gasteiger partial charge in [-0.2, -0.15) is 0 Å². The molecule has 2 unspecified atom stereocenters. The fourth-order valence-electron chi connectivity index (χ4n) is 1.99. The topological polar surface area (TPSA) is 50.4 Å². The third kappa shape index (κ3) is 5.61. The molecule has 0 saturated carbocycles. The SMILES string of the molecule is CCC(C)NCC(=O)NC(C)Cc1ccccc1OC. The number of ether oxygens (including phenoxy) is 1. The quantitative estimate of drug-likeness (QED) is 0.766. The molecule has 0 bridgehead atoms. The molecule has 112 valence electrons. The second kappa shape index (κ2) is 8.59. The molecule has 0 fully saturated rings. The summed E-state index contributed by atoms with van der Waals surface area (Å²) in [7, 11) is 1.66. The Morgan fingerprint density at radius 2 is 1.95 bits per heavy atom. The van der Waals surface area contributed by atoms with Crippen LogP contribution in [0.2, 0.25) is 0 Å². The number of carbonyl (C=O) groups excluding carboxylic acids is 1. The van der Waals surface area contributed by atoms with Crippen LogP contribution < -0.4 is 15.4 Å². The van der Waals surface area contributed by atoms with Crippen LogP contribution in [0.15, 0.2) is 24.3 Å². The second-order valence-corrected chi connectivity index (χ2v) is 5.17. The number of para-hydroxylation sites is 1. The molecule has 2 N–H and O–H groups in total. The molecule has 0 spiro atoms. The molecular weight excluding hydrogens is 252 g/mol. The van der Waals surface area contributed by atoms with Gasteiger partial charge in [-0.1, -0.05) is 25.1 Å². The molecular formula is C16H26N2O2. The van der Waals surface area contributed by atoms with Crippen LogP contribution in [0.1, 0.15) is 32.8 Å². The zero-order chi connectivity index (χ0) is 15.0. The Kier molecular flexibility index (Phi) is 7.09. The molecule has 0 heterocycles. The van der Waals surface area contributed by atoms with Gasteiger partial charge in [-0.3, -0.25) is 4.79 Å². The van der Waals surface area contributed by atoms with E-state index in [0.29, 0.717) is 12.6 Å². The summed E-state index contributed by atoms with van der Waals surface area (Å²) >= 11 is 0. The van der Waals surface area contributed by atoms with Crippen molar-refractivity contribution in [3.8, 4) is 5.75 Å². The van der Waals surface area contributed by atoms with E-state index in [1.165, 1.54) is 0 Å². The van der Waals surface area contributed by atoms with Crippen molar-refractivity contribution in [2.45, 2.75) is 45.7 Å². The van der Waals surface area contributed by atoms with Crippen LogP contribution in [0.3, 0.4) is 0 Å². The van der Waals surface area contributed by atoms with Gasteiger partial charge in [0.1, 0.15) is 5.75 Å². The Hall–Kier alpha value is -1.55. The average molecular weight is 278 g/mol. The highest BCUT2D eigenvalue weighted by Crippen LogP contribution is 2.18. The summed E-state index contributed by atoms with van der Waals surface area (Å²) in [5.74, 6) is 0.902. The van der Waals surface area contributed by atoms with Crippen LogP contribution in [0, 0.1) is 0 Å². The minimum atomic E-state index is 0.0349. The summed E-state index contributed by atoms with van der Waals surface area (Å²) in [6.07, 6.45) is 1.78. The van der Waals surface area contributed by atoms with Gasteiger partial charge in [0.25, 0.3) is 0 Å². The van der Waals surface area contributed by atoms with Gasteiger partial charge >= 0.3 is 0 Å². The Labute approximate surface area is 121 Å². The highest BCUT2D eigenvalue weighted by Gasteiger charge is 2.11. The van der Waals surface area contributed by atoms with Gasteiger partial charge in [-0.05, 0) is 38.3 Å². The molecule has 0 aliphatic rings. The number of methoxy groups -OCH3 is 1. The molecule has 1 aromatic rings. The predicted octanol–water partition coefficient (Wildman–Crippen LogP) is 2.13. The zero-order valence-electron chi connectivity index (χ0n) is 12.9. The van der Waals surface area contributed by atoms with Gasteiger partial charge in [0.05, 0.1) is 13.7 Å². The van der Waals surface area contributed by atoms with E-state index in [-0.39, 0.29) is 11.9 Å². The standard InChI is InChI=1S/C16H26N2O2/c1-5-12(2)17-11-16(19)18-13(3)10-14-8-6-7-9-15(14)20-4/h6-9,12-13,17H,5,10-11H2,1-4H3,(H,18,19). The van der Waals surface area contributed by atoms with Crippen LogP contribution >= 0.6 is 0 Å². The molecule has 0 saturated heterocycles. The Morgan fingerprint density at radius 3 is 2.60 bits per heavy atom. The summed E-state index contributed by atoms with van der Waals surface area (Å²) in [6.45, 7) is 6.55. The predicted molar refractivity (Wildman–Crippen MR) is 82.1 cm³/mol. The number of carbonyl (C=O) groups is 1. The van der Waals surface area contributed by atoms with Crippen LogP contribution in [-0.4, -0.2) is 31.6 Å². The monoisotopic (exact) mass is 278 g/mol. The lowest BCUT2D eigenvalue weighted by molar-refractivity contribution is -0.120. The van der Waals surface area contributed by atoms with Crippen LogP contribution in [0.25, 0.3) is 0 Å². The van der Waals surface area contributed by atoms with Crippen molar-refractivity contribution in [1.29, 1.82) is 0 Å². The van der Waals surface area contributed by atoms with Gasteiger partial charge in [-0.15, -0.1) is 0 Å². The first-order valence-electron chi connectivity index (χ1n) is 7.21. The van der Waals surface area contributed by atoms with E-state index in [1.807, 2.05) is 31.2 Å². The Morgan fingerprint density at radius 1 is 1.25 bits per heavy atom. The lowest BCUT2D eigenvalue weighted by Crippen LogP contribution is -2.42. The first-order chi connectivity index (χ1) is 9.56. The molecule has 4 nitrogen and oxygen atoms in total. The number of benzene rings is 1. The number of nitrogens with one attached hydrogen (secondary N) is 2. The van der Waals surface area contributed by atoms with E-state index in [2.05, 4.69) is 24.5 Å². The summed E-state index contributed by atoms with van der Waals surface area (Å²) < 4.78 is 5.32. The molecule has 1 rings (SSSR count). The molecule has 0 radical (unpaired) electrons. The first-order valence-corrected chi connectivity index (χ1v) is 7.21. The van der Waals surface area contributed by atoms with Gasteiger partial charge < -0.3 is 15.4 Å². The van der Waals surface area contributed by atoms with E-state index in [9.17, 15) is 4.79 Å². The zero-order valence-corrected chi connectivity index (χ0v) is 12.9. The van der Waals surface area contributed by atoms with E-state index >= 15 is 0 Å². The third-order valence-electron chi connectivity index (χ3n) is 3.35. The van der Waals surface area contributed by atoms with E-state index in [0.717, 1.165) is 24.2 Å². The van der Waals surface area contributed by atoms with Crippen molar-refractivity contribution in [3.63, 3.8) is 0 Å². The maximum absolute atomic E-state index is 11.8. The maximum atomic E-state index is 11.8. The van der Waals surface area contributed by atoms with Crippen molar-refractivity contribution < 1.29 is 9.53 Å². The highest BCUT2D eigenvalue weighted by atomic mass is 16.5. The molecule has 0 aromatic heterocycles. The van der Waals surface area contributed by atoms with Crippen molar-refractivity contribution in [1.82, 2.24) is 10.6 Å². The number of rotatable bonds is 8. The lowest BCUT2D eigenvalue weighted by Gasteiger charge is -2.17. The fraction of sp³-hybridized carbons (Fsp3) is 0.562. The largest absolute Gasteiger partial charge is 0.496 e. The van der Waals surface area contributed by atoms with Gasteiger partial charge in [0.15, 0.2) is 0 Å². The van der Waals surface area contributed by atoms with E-state index < -0.39 is 0 Å². The fourth-order valence-corrected chi connectivity index (χ4v) is 1.99. The molecule has 0 aliphatic heterocycles. The van der Waals surface area contributed by atoms with Crippen molar-refractivity contribution in [2.75, 3.05) is 13.7 Å². The molecule has 2 atom stereocenters. The van der Waals surface area contributed by atoms with E-state index in [4.69, 9.17) is 4.74 Å². The Balaban J connectivity index is 2.43. The molecule has 20 heavy (non-hydrogen) atoms. The molecule has 1 amide bonds. The normalized spacial score (nSPS) is 13.6. The van der Waals surface area contributed by atoms with Crippen molar-refractivity contribution >= 4 is 5.91 Å². The smallest absolute Gasteiger partial charge is 0.234 e. The molecule has 1 aromatic carbocycles. The number of hydrogen-bond acceptors (Lipinski definition) is 3. The third-order valence-corrected chi connectivity index (χ3v) is 3.35. The lowest BCUT2D eigenvalue weighted by atomic mass is 10.1. The second-order valence-electron chi connectivity index (χ2n) is 5.17. The minimum Gasteiger partial charge on any atom is -0.496 e. The summed E-state index contributed by atoms with van der Waals surface area (Å²) in [6, 6.07) is 8.34. The van der Waals surface area contributed by atoms with Gasteiger partial charge in [-0.25, -0.2) is 0 Å². The average Bonchev–Trinajstić information content (AvgIpc) is 2.45. The highest BCUT2D eigenvalue weighted by molar-refractivity contribution is 5.78. The maximum Gasteiger partial charge on any atom is 0.234 e. The van der Waals surface area contributed by atoms with Crippen LogP contribution in [0.4, 0.5) is 0 Å². The van der Waals surface area contributed by atoms with Crippen LogP contribution in [0.5, 0.6) is 5.75 Å². The van der Waals surface area contributed by atoms with Gasteiger partial charge in [0, 0.05) is 12.1 Å². The van der Waals surface area contributed by atoms with Crippen LogP contribution in [-0.2, 0) is 11.2 Å². The van der Waals surface area contributed by atoms with E-state index in [1.54, 1.807) is 7.11 Å². The van der Waals surface area contributed by atoms with Crippen molar-refractivity contribution in [3.05, 3.63) is 29.8 Å². The first kappa shape index (κ1) is 16.5. The van der Waals surface area contributed by atoms with Crippen molar-refractivity contribution in [2.24, 2.45) is 0 Å².